The lowest BCUT2D eigenvalue weighted by molar-refractivity contribution is 0.489. The van der Waals surface area contributed by atoms with Gasteiger partial charge in [-0.3, -0.25) is 15.1 Å². The molecule has 1 fully saturated rings. The van der Waals surface area contributed by atoms with Crippen molar-refractivity contribution in [3.63, 3.8) is 0 Å². The van der Waals surface area contributed by atoms with Gasteiger partial charge in [-0.05, 0) is 66.6 Å². The molecule has 0 spiro atoms. The Balaban J connectivity index is 1.20. The lowest BCUT2D eigenvalue weighted by Gasteiger charge is -2.11. The Morgan fingerprint density at radius 2 is 1.95 bits per heavy atom. The van der Waals surface area contributed by atoms with Crippen molar-refractivity contribution in [2.24, 2.45) is 5.92 Å². The average molecular weight is 506 g/mol. The molecule has 7 nitrogen and oxygen atoms in total. The van der Waals surface area contributed by atoms with Gasteiger partial charge in [-0.2, -0.15) is 5.10 Å². The minimum atomic E-state index is 0.820. The van der Waals surface area contributed by atoms with E-state index in [9.17, 15) is 0 Å². The summed E-state index contributed by atoms with van der Waals surface area (Å²) in [5.41, 5.74) is 7.77. The van der Waals surface area contributed by atoms with Crippen LogP contribution in [0, 0.1) is 5.92 Å². The fourth-order valence-corrected chi connectivity index (χ4v) is 6.21. The highest BCUT2D eigenvalue weighted by Gasteiger charge is 2.16. The second kappa shape index (κ2) is 9.53. The molecule has 3 N–H and O–H groups in total. The van der Waals surface area contributed by atoms with E-state index in [2.05, 4.69) is 72.2 Å². The van der Waals surface area contributed by atoms with Crippen molar-refractivity contribution in [3.05, 3.63) is 72.1 Å². The molecule has 0 bridgehead atoms. The molecule has 1 aliphatic rings. The Bertz CT molecular complexity index is 1680. The van der Waals surface area contributed by atoms with Crippen molar-refractivity contribution in [2.75, 3.05) is 6.54 Å². The monoisotopic (exact) mass is 505 g/mol. The van der Waals surface area contributed by atoms with Gasteiger partial charge in [-0.15, -0.1) is 11.3 Å². The molecule has 7 rings (SSSR count). The van der Waals surface area contributed by atoms with Gasteiger partial charge in [0.2, 0.25) is 0 Å². The molecule has 0 amide bonds. The van der Waals surface area contributed by atoms with Crippen molar-refractivity contribution in [2.45, 2.75) is 32.2 Å². The van der Waals surface area contributed by atoms with Crippen molar-refractivity contribution in [3.8, 4) is 33.1 Å². The van der Waals surface area contributed by atoms with E-state index in [1.807, 2.05) is 24.8 Å². The van der Waals surface area contributed by atoms with Crippen molar-refractivity contribution in [1.82, 2.24) is 35.5 Å². The van der Waals surface area contributed by atoms with E-state index in [4.69, 9.17) is 4.98 Å². The van der Waals surface area contributed by atoms with Gasteiger partial charge in [0.1, 0.15) is 11.3 Å². The second-order valence-corrected chi connectivity index (χ2v) is 10.8. The highest BCUT2D eigenvalue weighted by Crippen LogP contribution is 2.35. The topological polar surface area (TPSA) is 95.2 Å². The quantitative estimate of drug-likeness (QED) is 0.228. The molecule has 8 heteroatoms. The minimum absolute atomic E-state index is 0.820. The van der Waals surface area contributed by atoms with Crippen LogP contribution >= 0.6 is 11.3 Å². The summed E-state index contributed by atoms with van der Waals surface area (Å²) < 4.78 is 0. The molecule has 6 aromatic heterocycles. The summed E-state index contributed by atoms with van der Waals surface area (Å²) in [6, 6.07) is 12.7. The zero-order chi connectivity index (χ0) is 24.6. The molecule has 0 saturated heterocycles. The van der Waals surface area contributed by atoms with Crippen LogP contribution in [0.15, 0.2) is 66.6 Å². The summed E-state index contributed by atoms with van der Waals surface area (Å²) in [5, 5.41) is 15.6. The number of aromatic nitrogens is 6. The number of H-pyrrole nitrogens is 2. The zero-order valence-corrected chi connectivity index (χ0v) is 21.2. The van der Waals surface area contributed by atoms with Crippen LogP contribution in [-0.2, 0) is 6.54 Å². The molecule has 1 saturated carbocycles. The predicted octanol–water partition coefficient (Wildman–Crippen LogP) is 6.57. The highest BCUT2D eigenvalue weighted by atomic mass is 32.1. The first-order valence-electron chi connectivity index (χ1n) is 12.8. The standard InChI is InChI=1S/C29H27N7S/c1-2-5-18(4-1)13-30-14-19-10-20(16-31-15-19)24-12-23-26(17-33-24)35-36-28(23)25-11-22-21(27-6-3-9-37-27)7-8-32-29(22)34-25/h3,6-12,15-18,30H,1-2,4-5,13-14H2,(H,32,34)(H,35,36). The molecule has 0 radical (unpaired) electrons. The van der Waals surface area contributed by atoms with Crippen LogP contribution in [0.1, 0.15) is 31.2 Å². The number of nitrogens with one attached hydrogen (secondary N) is 3. The third kappa shape index (κ3) is 4.32. The van der Waals surface area contributed by atoms with Crippen LogP contribution < -0.4 is 5.32 Å². The normalized spacial score (nSPS) is 14.3. The number of hydrogen-bond donors (Lipinski definition) is 3. The molecule has 1 aliphatic carbocycles. The van der Waals surface area contributed by atoms with Crippen molar-refractivity contribution >= 4 is 33.3 Å². The van der Waals surface area contributed by atoms with Crippen LogP contribution in [0.2, 0.25) is 0 Å². The van der Waals surface area contributed by atoms with E-state index >= 15 is 0 Å². The summed E-state index contributed by atoms with van der Waals surface area (Å²) in [6.45, 7) is 1.91. The molecular formula is C29H27N7S. The third-order valence-corrected chi connectivity index (χ3v) is 8.25. The van der Waals surface area contributed by atoms with Gasteiger partial charge in [0.15, 0.2) is 0 Å². The smallest absolute Gasteiger partial charge is 0.138 e. The van der Waals surface area contributed by atoms with E-state index in [0.717, 1.165) is 63.6 Å². The zero-order valence-electron chi connectivity index (χ0n) is 20.4. The number of fused-ring (bicyclic) bond motifs is 2. The van der Waals surface area contributed by atoms with E-state index in [0.29, 0.717) is 0 Å². The fourth-order valence-electron chi connectivity index (χ4n) is 5.44. The van der Waals surface area contributed by atoms with Crippen LogP contribution in [0.3, 0.4) is 0 Å². The van der Waals surface area contributed by atoms with Gasteiger partial charge < -0.3 is 10.3 Å². The van der Waals surface area contributed by atoms with Crippen molar-refractivity contribution in [1.29, 1.82) is 0 Å². The highest BCUT2D eigenvalue weighted by molar-refractivity contribution is 7.13. The molecule has 6 aromatic rings. The number of thiophene rings is 1. The third-order valence-electron chi connectivity index (χ3n) is 7.35. The maximum atomic E-state index is 4.71. The van der Waals surface area contributed by atoms with E-state index in [1.54, 1.807) is 11.3 Å². The molecule has 37 heavy (non-hydrogen) atoms. The molecule has 0 aliphatic heterocycles. The van der Waals surface area contributed by atoms with Gasteiger partial charge in [0.05, 0.1) is 23.1 Å². The van der Waals surface area contributed by atoms with E-state index < -0.39 is 0 Å². The molecule has 0 atom stereocenters. The summed E-state index contributed by atoms with van der Waals surface area (Å²) in [5.74, 6) is 0.820. The lowest BCUT2D eigenvalue weighted by atomic mass is 10.1. The Labute approximate surface area is 218 Å². The van der Waals surface area contributed by atoms with E-state index in [-0.39, 0.29) is 0 Å². The molecule has 6 heterocycles. The maximum absolute atomic E-state index is 4.71. The van der Waals surface area contributed by atoms with Crippen molar-refractivity contribution < 1.29 is 0 Å². The first kappa shape index (κ1) is 22.3. The Hall–Kier alpha value is -3.88. The Morgan fingerprint density at radius 3 is 2.84 bits per heavy atom. The Kier molecular flexibility index (Phi) is 5.75. The minimum Gasteiger partial charge on any atom is -0.338 e. The van der Waals surface area contributed by atoms with Gasteiger partial charge in [0, 0.05) is 51.9 Å². The summed E-state index contributed by atoms with van der Waals surface area (Å²) >= 11 is 1.73. The number of aromatic amines is 2. The first-order chi connectivity index (χ1) is 18.3. The van der Waals surface area contributed by atoms with Gasteiger partial charge in [0.25, 0.3) is 0 Å². The maximum Gasteiger partial charge on any atom is 0.138 e. The van der Waals surface area contributed by atoms with Gasteiger partial charge in [-0.1, -0.05) is 18.9 Å². The average Bonchev–Trinajstić information content (AvgIpc) is 3.74. The fraction of sp³-hybridized carbons (Fsp3) is 0.241. The molecular weight excluding hydrogens is 478 g/mol. The second-order valence-electron chi connectivity index (χ2n) is 9.83. The predicted molar refractivity (Wildman–Crippen MR) is 149 cm³/mol. The SMILES string of the molecule is c1csc(-c2ccnc3[nH]c(-c4n[nH]c5cnc(-c6cncc(CNCC7CCCC7)c6)cc45)cc23)c1. The summed E-state index contributed by atoms with van der Waals surface area (Å²) in [6.07, 6.45) is 13.0. The Morgan fingerprint density at radius 1 is 1.00 bits per heavy atom. The molecule has 0 aromatic carbocycles. The first-order valence-corrected chi connectivity index (χ1v) is 13.7. The lowest BCUT2D eigenvalue weighted by Crippen LogP contribution is -2.20. The number of rotatable bonds is 7. The molecule has 0 unspecified atom stereocenters. The molecule has 184 valence electrons. The van der Waals surface area contributed by atoms with Gasteiger partial charge >= 0.3 is 0 Å². The van der Waals surface area contributed by atoms with Crippen LogP contribution in [-0.4, -0.2) is 36.7 Å². The van der Waals surface area contributed by atoms with E-state index in [1.165, 1.54) is 41.7 Å². The number of hydrogen-bond acceptors (Lipinski definition) is 6. The number of pyridine rings is 3. The van der Waals surface area contributed by atoms with Crippen LogP contribution in [0.5, 0.6) is 0 Å². The summed E-state index contributed by atoms with van der Waals surface area (Å²) in [4.78, 5) is 18.5. The van der Waals surface area contributed by atoms with Gasteiger partial charge in [-0.25, -0.2) is 4.98 Å². The summed E-state index contributed by atoms with van der Waals surface area (Å²) in [7, 11) is 0. The number of nitrogens with zero attached hydrogens (tertiary/aromatic N) is 4. The van der Waals surface area contributed by atoms with Crippen LogP contribution in [0.25, 0.3) is 55.0 Å². The van der Waals surface area contributed by atoms with Crippen LogP contribution in [0.4, 0.5) is 0 Å². The largest absolute Gasteiger partial charge is 0.338 e.